The smallest absolute Gasteiger partial charge is 0.234 e. The number of ether oxygens (including phenoxy) is 1. The van der Waals surface area contributed by atoms with Crippen molar-refractivity contribution >= 4 is 65.4 Å². The highest BCUT2D eigenvalue weighted by molar-refractivity contribution is 9.12. The van der Waals surface area contributed by atoms with Gasteiger partial charge in [0.2, 0.25) is 17.6 Å². The highest BCUT2D eigenvalue weighted by Gasteiger charge is 2.35. The fourth-order valence-electron chi connectivity index (χ4n) is 2.57. The predicted molar refractivity (Wildman–Crippen MR) is 123 cm³/mol. The summed E-state index contributed by atoms with van der Waals surface area (Å²) in [5.41, 5.74) is -0.932. The Kier molecular flexibility index (Phi) is 8.06. The lowest BCUT2D eigenvalue weighted by atomic mass is 9.92. The maximum absolute atomic E-state index is 12.6. The summed E-state index contributed by atoms with van der Waals surface area (Å²) < 4.78 is 6.94. The average Bonchev–Trinajstić information content (AvgIpc) is 2.61. The van der Waals surface area contributed by atoms with Crippen molar-refractivity contribution in [2.24, 2.45) is 0 Å². The van der Waals surface area contributed by atoms with Gasteiger partial charge < -0.3 is 19.6 Å². The van der Waals surface area contributed by atoms with Crippen molar-refractivity contribution in [2.45, 2.75) is 18.4 Å². The second-order valence-corrected chi connectivity index (χ2v) is 9.80. The van der Waals surface area contributed by atoms with Crippen molar-refractivity contribution in [1.82, 2.24) is 9.80 Å². The molecule has 1 aromatic rings. The normalized spacial score (nSPS) is 18.5. The third-order valence-corrected chi connectivity index (χ3v) is 6.02. The number of benzene rings is 1. The van der Waals surface area contributed by atoms with Crippen LogP contribution in [0.4, 0.5) is 0 Å². The first-order valence-corrected chi connectivity index (χ1v) is 11.1. The Morgan fingerprint density at radius 3 is 2.03 bits per heavy atom. The number of halogens is 3. The van der Waals surface area contributed by atoms with Crippen LogP contribution in [-0.4, -0.2) is 66.3 Å². The number of hydrogen-bond donors (Lipinski definition) is 1. The molecule has 1 aromatic carbocycles. The Hall–Kier alpha value is -1.49. The Labute approximate surface area is 200 Å². The Morgan fingerprint density at radius 1 is 1.00 bits per heavy atom. The first kappa shape index (κ1) is 24.8. The molecule has 0 spiro atoms. The second kappa shape index (κ2) is 9.76. The van der Waals surface area contributed by atoms with Gasteiger partial charge in [0.1, 0.15) is 5.60 Å². The van der Waals surface area contributed by atoms with Crippen molar-refractivity contribution in [1.29, 1.82) is 0 Å². The van der Waals surface area contributed by atoms with E-state index in [0.717, 1.165) is 5.56 Å². The molecule has 0 fully saturated rings. The van der Waals surface area contributed by atoms with E-state index in [2.05, 4.69) is 47.8 Å². The number of carbonyl (C=O) groups excluding carboxylic acids is 3. The highest BCUT2D eigenvalue weighted by Crippen LogP contribution is 2.38. The van der Waals surface area contributed by atoms with Crippen LogP contribution in [0.25, 0.3) is 0 Å². The van der Waals surface area contributed by atoms with Crippen molar-refractivity contribution < 1.29 is 24.2 Å². The molecule has 10 heteroatoms. The quantitative estimate of drug-likeness (QED) is 0.536. The number of amides is 2. The standard InChI is InChI=1S/C20H21Br3N2O5/c1-24(2)16(26)7-11-5-12(21)19(13(22)6-11)30-15-9-20(29,8-14(23)18(15)28)10-17(27)25(3)4/h5-6,8-9,29H,7,10H2,1-4H3. The molecule has 30 heavy (non-hydrogen) atoms. The van der Waals surface area contributed by atoms with Crippen LogP contribution in [0.5, 0.6) is 5.75 Å². The van der Waals surface area contributed by atoms with Crippen molar-refractivity contribution in [3.05, 3.63) is 49.0 Å². The van der Waals surface area contributed by atoms with Crippen LogP contribution in [0.1, 0.15) is 12.0 Å². The molecule has 0 aromatic heterocycles. The number of allylic oxidation sites excluding steroid dienone is 1. The molecule has 1 atom stereocenters. The molecule has 0 saturated heterocycles. The molecule has 0 aliphatic heterocycles. The number of Topliss-reactive ketones (excluding diaryl/α,β-unsaturated/α-hetero) is 1. The molecule has 2 rings (SSSR count). The van der Waals surface area contributed by atoms with Crippen LogP contribution in [0.3, 0.4) is 0 Å². The largest absolute Gasteiger partial charge is 0.451 e. The summed E-state index contributed by atoms with van der Waals surface area (Å²) in [4.78, 5) is 39.4. The molecule has 1 unspecified atom stereocenters. The van der Waals surface area contributed by atoms with Gasteiger partial charge in [0, 0.05) is 28.2 Å². The van der Waals surface area contributed by atoms with Gasteiger partial charge >= 0.3 is 0 Å². The maximum Gasteiger partial charge on any atom is 0.234 e. The van der Waals surface area contributed by atoms with E-state index in [-0.39, 0.29) is 34.9 Å². The number of nitrogens with zero attached hydrogens (tertiary/aromatic N) is 2. The lowest BCUT2D eigenvalue weighted by molar-refractivity contribution is -0.131. The van der Waals surface area contributed by atoms with Gasteiger partial charge in [-0.3, -0.25) is 14.4 Å². The lowest BCUT2D eigenvalue weighted by Crippen LogP contribution is -2.37. The van der Waals surface area contributed by atoms with Crippen LogP contribution in [0.15, 0.2) is 43.5 Å². The van der Waals surface area contributed by atoms with Gasteiger partial charge in [0.25, 0.3) is 0 Å². The van der Waals surface area contributed by atoms with Crippen molar-refractivity contribution in [3.63, 3.8) is 0 Å². The van der Waals surface area contributed by atoms with E-state index in [0.29, 0.717) is 14.7 Å². The Bertz CT molecular complexity index is 933. The van der Waals surface area contributed by atoms with Crippen LogP contribution in [-0.2, 0) is 20.8 Å². The highest BCUT2D eigenvalue weighted by atomic mass is 79.9. The Balaban J connectivity index is 2.34. The molecule has 162 valence electrons. The maximum atomic E-state index is 12.6. The zero-order chi connectivity index (χ0) is 22.8. The number of likely N-dealkylation sites (N-methyl/N-ethyl adjacent to an activating group) is 1. The molecule has 7 nitrogen and oxygen atoms in total. The van der Waals surface area contributed by atoms with Gasteiger partial charge in [-0.15, -0.1) is 0 Å². The van der Waals surface area contributed by atoms with Crippen molar-refractivity contribution in [3.8, 4) is 5.75 Å². The third-order valence-electron chi connectivity index (χ3n) is 4.26. The number of aliphatic hydroxyl groups is 1. The Morgan fingerprint density at radius 2 is 1.53 bits per heavy atom. The average molecular weight is 609 g/mol. The van der Waals surface area contributed by atoms with E-state index in [1.165, 1.54) is 22.0 Å². The number of carbonyl (C=O) groups is 3. The van der Waals surface area contributed by atoms with E-state index < -0.39 is 11.4 Å². The van der Waals surface area contributed by atoms with Crippen LogP contribution < -0.4 is 4.74 Å². The van der Waals surface area contributed by atoms with Gasteiger partial charge in [-0.2, -0.15) is 0 Å². The van der Waals surface area contributed by atoms with E-state index in [1.807, 2.05) is 0 Å². The fraction of sp³-hybridized carbons (Fsp3) is 0.350. The van der Waals surface area contributed by atoms with E-state index in [9.17, 15) is 19.5 Å². The van der Waals surface area contributed by atoms with Gasteiger partial charge in [0.15, 0.2) is 11.5 Å². The third kappa shape index (κ3) is 6.03. The van der Waals surface area contributed by atoms with Crippen LogP contribution >= 0.6 is 47.8 Å². The summed E-state index contributed by atoms with van der Waals surface area (Å²) in [5.74, 6) is -0.660. The molecule has 1 N–H and O–H groups in total. The first-order chi connectivity index (χ1) is 13.8. The molecule has 1 aliphatic carbocycles. The number of hydrogen-bond acceptors (Lipinski definition) is 5. The molecule has 0 bridgehead atoms. The molecule has 0 radical (unpaired) electrons. The SMILES string of the molecule is CN(C)C(=O)Cc1cc(Br)c(OC2=CC(O)(CC(=O)N(C)C)C=C(Br)C2=O)c(Br)c1. The van der Waals surface area contributed by atoms with Gasteiger partial charge in [-0.05, 0) is 77.6 Å². The molecular weight excluding hydrogens is 588 g/mol. The van der Waals surface area contributed by atoms with Crippen LogP contribution in [0, 0.1) is 0 Å². The summed E-state index contributed by atoms with van der Waals surface area (Å²) in [7, 11) is 6.52. The van der Waals surface area contributed by atoms with E-state index >= 15 is 0 Å². The number of rotatable bonds is 6. The zero-order valence-electron chi connectivity index (χ0n) is 16.8. The topological polar surface area (TPSA) is 87.2 Å². The van der Waals surface area contributed by atoms with Crippen molar-refractivity contribution in [2.75, 3.05) is 28.2 Å². The van der Waals surface area contributed by atoms with Crippen LogP contribution in [0.2, 0.25) is 0 Å². The second-order valence-electron chi connectivity index (χ2n) is 7.24. The molecule has 0 saturated carbocycles. The molecule has 0 heterocycles. The van der Waals surface area contributed by atoms with E-state index in [1.54, 1.807) is 40.3 Å². The zero-order valence-corrected chi connectivity index (χ0v) is 21.6. The molecule has 1 aliphatic rings. The summed E-state index contributed by atoms with van der Waals surface area (Å²) >= 11 is 9.95. The monoisotopic (exact) mass is 606 g/mol. The molecule has 2 amide bonds. The predicted octanol–water partition coefficient (Wildman–Crippen LogP) is 3.18. The van der Waals surface area contributed by atoms with Gasteiger partial charge in [0.05, 0.1) is 26.3 Å². The number of ketones is 1. The first-order valence-electron chi connectivity index (χ1n) is 8.77. The van der Waals surface area contributed by atoms with Gasteiger partial charge in [-0.1, -0.05) is 0 Å². The minimum Gasteiger partial charge on any atom is -0.451 e. The summed E-state index contributed by atoms with van der Waals surface area (Å²) in [6.45, 7) is 0. The summed E-state index contributed by atoms with van der Waals surface area (Å²) in [6.07, 6.45) is 2.46. The molecular formula is C20H21Br3N2O5. The van der Waals surface area contributed by atoms with E-state index in [4.69, 9.17) is 4.74 Å². The minimum atomic E-state index is -1.68. The lowest BCUT2D eigenvalue weighted by Gasteiger charge is -2.27. The minimum absolute atomic E-state index is 0.0580. The fourth-order valence-corrected chi connectivity index (χ4v) is 4.60. The summed E-state index contributed by atoms with van der Waals surface area (Å²) in [6, 6.07) is 3.45. The summed E-state index contributed by atoms with van der Waals surface area (Å²) in [5, 5.41) is 10.8. The van der Waals surface area contributed by atoms with Gasteiger partial charge in [-0.25, -0.2) is 0 Å².